The van der Waals surface area contributed by atoms with Crippen molar-refractivity contribution >= 4 is 29.7 Å². The number of carboxylic acid groups (broad SMARTS) is 2. The van der Waals surface area contributed by atoms with Crippen molar-refractivity contribution in [1.29, 1.82) is 0 Å². The Labute approximate surface area is 155 Å². The Morgan fingerprint density at radius 1 is 1.22 bits per heavy atom. The number of amides is 2. The van der Waals surface area contributed by atoms with Gasteiger partial charge in [-0.15, -0.1) is 0 Å². The molecule has 12 nitrogen and oxygen atoms in total. The summed E-state index contributed by atoms with van der Waals surface area (Å²) in [6.45, 7) is 0.475. The highest BCUT2D eigenvalue weighted by atomic mass is 16.4. The van der Waals surface area contributed by atoms with Gasteiger partial charge >= 0.3 is 11.9 Å². The SMILES string of the molecule is NC(N)=NCCCC(NC(=O)C(N)CC(=O)O)C(=O)N1CCCC1C(=O)O. The van der Waals surface area contributed by atoms with E-state index in [9.17, 15) is 24.3 Å². The summed E-state index contributed by atoms with van der Waals surface area (Å²) >= 11 is 0. The van der Waals surface area contributed by atoms with E-state index < -0.39 is 48.3 Å². The van der Waals surface area contributed by atoms with Crippen molar-refractivity contribution in [3.05, 3.63) is 0 Å². The van der Waals surface area contributed by atoms with Crippen molar-refractivity contribution in [1.82, 2.24) is 10.2 Å². The zero-order chi connectivity index (χ0) is 20.6. The normalized spacial score (nSPS) is 18.4. The number of hydrogen-bond donors (Lipinski definition) is 6. The van der Waals surface area contributed by atoms with Crippen molar-refractivity contribution in [3.63, 3.8) is 0 Å². The van der Waals surface area contributed by atoms with Crippen LogP contribution in [0.25, 0.3) is 0 Å². The fourth-order valence-corrected chi connectivity index (χ4v) is 2.81. The standard InChI is InChI=1S/C15H26N6O6/c16-8(7-11(22)23)12(24)20-9(3-1-5-19-15(17)18)13(25)21-6-2-4-10(21)14(26)27/h8-10H,1-7,16H2,(H,20,24)(H,22,23)(H,26,27)(H4,17,18,19). The van der Waals surface area contributed by atoms with E-state index in [4.69, 9.17) is 22.3 Å². The van der Waals surface area contributed by atoms with E-state index in [0.29, 0.717) is 19.3 Å². The van der Waals surface area contributed by atoms with Gasteiger partial charge in [0, 0.05) is 13.1 Å². The summed E-state index contributed by atoms with van der Waals surface area (Å²) in [5.74, 6) is -3.84. The Balaban J connectivity index is 2.84. The zero-order valence-corrected chi connectivity index (χ0v) is 14.8. The number of nitrogens with one attached hydrogen (secondary N) is 1. The molecule has 3 atom stereocenters. The number of rotatable bonds is 10. The molecule has 1 heterocycles. The molecule has 1 aliphatic heterocycles. The zero-order valence-electron chi connectivity index (χ0n) is 14.8. The molecule has 0 aromatic heterocycles. The number of likely N-dealkylation sites (tertiary alicyclic amines) is 1. The first-order chi connectivity index (χ1) is 12.6. The van der Waals surface area contributed by atoms with Crippen LogP contribution in [0.1, 0.15) is 32.1 Å². The molecule has 9 N–H and O–H groups in total. The second-order valence-electron chi connectivity index (χ2n) is 6.24. The summed E-state index contributed by atoms with van der Waals surface area (Å²) in [6, 6.07) is -3.34. The predicted octanol–water partition coefficient (Wildman–Crippen LogP) is -2.60. The molecule has 2 amide bonds. The lowest BCUT2D eigenvalue weighted by molar-refractivity contribution is -0.149. The Kier molecular flexibility index (Phi) is 8.45. The van der Waals surface area contributed by atoms with Crippen molar-refractivity contribution in [2.45, 2.75) is 50.2 Å². The molecule has 0 aromatic rings. The first-order valence-corrected chi connectivity index (χ1v) is 8.50. The van der Waals surface area contributed by atoms with E-state index in [0.717, 1.165) is 0 Å². The fraction of sp³-hybridized carbons (Fsp3) is 0.667. The second-order valence-corrected chi connectivity index (χ2v) is 6.24. The summed E-state index contributed by atoms with van der Waals surface area (Å²) in [6.07, 6.45) is 0.755. The Morgan fingerprint density at radius 2 is 1.89 bits per heavy atom. The lowest BCUT2D eigenvalue weighted by atomic mass is 10.1. The minimum Gasteiger partial charge on any atom is -0.481 e. The van der Waals surface area contributed by atoms with Gasteiger partial charge in [-0.25, -0.2) is 4.79 Å². The van der Waals surface area contributed by atoms with Gasteiger partial charge in [-0.1, -0.05) is 0 Å². The van der Waals surface area contributed by atoms with Gasteiger partial charge in [-0.05, 0) is 25.7 Å². The lowest BCUT2D eigenvalue weighted by Gasteiger charge is -2.28. The maximum absolute atomic E-state index is 12.8. The van der Waals surface area contributed by atoms with Crippen molar-refractivity contribution in [2.24, 2.45) is 22.2 Å². The molecule has 3 unspecified atom stereocenters. The van der Waals surface area contributed by atoms with Gasteiger partial charge < -0.3 is 37.6 Å². The van der Waals surface area contributed by atoms with E-state index in [2.05, 4.69) is 10.3 Å². The molecule has 1 aliphatic rings. The minimum atomic E-state index is -1.33. The number of carboxylic acids is 2. The molecule has 1 saturated heterocycles. The highest BCUT2D eigenvalue weighted by Gasteiger charge is 2.37. The van der Waals surface area contributed by atoms with Crippen LogP contribution in [0.15, 0.2) is 4.99 Å². The van der Waals surface area contributed by atoms with E-state index in [1.54, 1.807) is 0 Å². The first kappa shape index (κ1) is 22.2. The van der Waals surface area contributed by atoms with E-state index >= 15 is 0 Å². The first-order valence-electron chi connectivity index (χ1n) is 8.50. The molecule has 0 saturated carbocycles. The monoisotopic (exact) mass is 386 g/mol. The average molecular weight is 386 g/mol. The molecule has 1 rings (SSSR count). The number of aliphatic imine (C=N–C) groups is 1. The van der Waals surface area contributed by atoms with E-state index in [-0.39, 0.29) is 25.5 Å². The van der Waals surface area contributed by atoms with Crippen LogP contribution in [-0.4, -0.2) is 76.0 Å². The van der Waals surface area contributed by atoms with Crippen molar-refractivity contribution in [3.8, 4) is 0 Å². The number of carbonyl (C=O) groups excluding carboxylic acids is 2. The number of carbonyl (C=O) groups is 4. The molecular weight excluding hydrogens is 360 g/mol. The third kappa shape index (κ3) is 7.09. The maximum atomic E-state index is 12.8. The van der Waals surface area contributed by atoms with E-state index in [1.165, 1.54) is 4.90 Å². The highest BCUT2D eigenvalue weighted by molar-refractivity contribution is 5.93. The Morgan fingerprint density at radius 3 is 2.44 bits per heavy atom. The lowest BCUT2D eigenvalue weighted by Crippen LogP contribution is -2.54. The van der Waals surface area contributed by atoms with Gasteiger partial charge in [0.1, 0.15) is 12.1 Å². The van der Waals surface area contributed by atoms with Gasteiger partial charge in [0.25, 0.3) is 0 Å². The van der Waals surface area contributed by atoms with Gasteiger partial charge in [0.2, 0.25) is 11.8 Å². The summed E-state index contributed by atoms with van der Waals surface area (Å²) in [7, 11) is 0. The van der Waals surface area contributed by atoms with Crippen molar-refractivity contribution in [2.75, 3.05) is 13.1 Å². The molecule has 1 fully saturated rings. The van der Waals surface area contributed by atoms with Crippen molar-refractivity contribution < 1.29 is 29.4 Å². The molecule has 27 heavy (non-hydrogen) atoms. The largest absolute Gasteiger partial charge is 0.481 e. The van der Waals surface area contributed by atoms with Gasteiger partial charge in [-0.3, -0.25) is 19.4 Å². The number of guanidine groups is 1. The topological polar surface area (TPSA) is 214 Å². The molecule has 12 heteroatoms. The third-order valence-corrected chi connectivity index (χ3v) is 4.11. The fourth-order valence-electron chi connectivity index (χ4n) is 2.81. The van der Waals surface area contributed by atoms with Crippen LogP contribution < -0.4 is 22.5 Å². The second kappa shape index (κ2) is 10.3. The maximum Gasteiger partial charge on any atom is 0.326 e. The summed E-state index contributed by atoms with van der Waals surface area (Å²) in [5, 5.41) is 20.4. The van der Waals surface area contributed by atoms with Crippen LogP contribution in [0.4, 0.5) is 0 Å². The van der Waals surface area contributed by atoms with Crippen LogP contribution in [0, 0.1) is 0 Å². The van der Waals surface area contributed by atoms with Crippen LogP contribution >= 0.6 is 0 Å². The number of aliphatic carboxylic acids is 2. The smallest absolute Gasteiger partial charge is 0.326 e. The minimum absolute atomic E-state index is 0.115. The van der Waals surface area contributed by atoms with Crippen LogP contribution in [-0.2, 0) is 19.2 Å². The highest BCUT2D eigenvalue weighted by Crippen LogP contribution is 2.19. The molecule has 152 valence electrons. The summed E-state index contributed by atoms with van der Waals surface area (Å²) < 4.78 is 0. The van der Waals surface area contributed by atoms with Crippen LogP contribution in [0.5, 0.6) is 0 Å². The molecule has 0 radical (unpaired) electrons. The number of nitrogens with two attached hydrogens (primary N) is 3. The molecule has 0 aromatic carbocycles. The molecule has 0 aliphatic carbocycles. The Bertz CT molecular complexity index is 606. The van der Waals surface area contributed by atoms with Gasteiger partial charge in [-0.2, -0.15) is 0 Å². The molecule has 0 bridgehead atoms. The molecular formula is C15H26N6O6. The third-order valence-electron chi connectivity index (χ3n) is 4.11. The van der Waals surface area contributed by atoms with Gasteiger partial charge in [0.15, 0.2) is 5.96 Å². The Hall–Kier alpha value is -2.89. The van der Waals surface area contributed by atoms with Crippen LogP contribution in [0.2, 0.25) is 0 Å². The average Bonchev–Trinajstić information content (AvgIpc) is 3.05. The van der Waals surface area contributed by atoms with Crippen LogP contribution in [0.3, 0.4) is 0 Å². The molecule has 0 spiro atoms. The number of nitrogens with zero attached hydrogens (tertiary/aromatic N) is 2. The summed E-state index contributed by atoms with van der Waals surface area (Å²) in [4.78, 5) is 51.9. The quantitative estimate of drug-likeness (QED) is 0.132. The summed E-state index contributed by atoms with van der Waals surface area (Å²) in [5.41, 5.74) is 16.0. The predicted molar refractivity (Wildman–Crippen MR) is 94.4 cm³/mol. The van der Waals surface area contributed by atoms with Gasteiger partial charge in [0.05, 0.1) is 12.5 Å². The van der Waals surface area contributed by atoms with E-state index in [1.807, 2.05) is 0 Å². The number of hydrogen-bond acceptors (Lipinski definition) is 6.